The number of aromatic nitrogens is 4. The molecular weight excluding hydrogens is 450 g/mol. The number of hydrogen-bond donors (Lipinski definition) is 1. The van der Waals surface area contributed by atoms with E-state index in [2.05, 4.69) is 31.1 Å². The fourth-order valence-electron chi connectivity index (χ4n) is 5.28. The third-order valence-corrected chi connectivity index (χ3v) is 7.43. The van der Waals surface area contributed by atoms with E-state index < -0.39 is 0 Å². The molecule has 2 fully saturated rings. The van der Waals surface area contributed by atoms with Crippen LogP contribution in [0.2, 0.25) is 5.02 Å². The molecule has 2 aromatic heterocycles. The second-order valence-electron chi connectivity index (χ2n) is 9.73. The highest BCUT2D eigenvalue weighted by atomic mass is 35.5. The summed E-state index contributed by atoms with van der Waals surface area (Å²) in [6, 6.07) is 11.8. The molecule has 3 aliphatic rings. The summed E-state index contributed by atoms with van der Waals surface area (Å²) in [4.78, 5) is 16.8. The number of amides is 1. The zero-order valence-corrected chi connectivity index (χ0v) is 19.7. The Morgan fingerprint density at radius 2 is 1.88 bits per heavy atom. The Balaban J connectivity index is 1.24. The molecule has 3 aromatic rings. The fourth-order valence-corrected chi connectivity index (χ4v) is 5.47. The van der Waals surface area contributed by atoms with Gasteiger partial charge in [0.05, 0.1) is 5.69 Å². The van der Waals surface area contributed by atoms with Crippen LogP contribution in [0, 0.1) is 5.92 Å². The van der Waals surface area contributed by atoms with Crippen molar-refractivity contribution in [3.8, 4) is 11.6 Å². The molecule has 176 valence electrons. The van der Waals surface area contributed by atoms with E-state index in [4.69, 9.17) is 16.3 Å². The van der Waals surface area contributed by atoms with Crippen LogP contribution >= 0.6 is 11.6 Å². The Bertz CT molecular complexity index is 1190. The number of carbonyl (C=O) groups excluding carboxylic acids is 1. The van der Waals surface area contributed by atoms with E-state index in [1.54, 1.807) is 6.20 Å². The molecule has 0 spiro atoms. The van der Waals surface area contributed by atoms with Gasteiger partial charge in [0.2, 0.25) is 11.8 Å². The van der Waals surface area contributed by atoms with Crippen LogP contribution in [0.5, 0.6) is 5.88 Å². The smallest absolute Gasteiger partial charge is 0.223 e. The molecule has 1 atom stereocenters. The number of hydrogen-bond acceptors (Lipinski definition) is 5. The minimum atomic E-state index is -0.00822. The summed E-state index contributed by atoms with van der Waals surface area (Å²) in [5, 5.41) is 13.2. The second kappa shape index (κ2) is 9.02. The van der Waals surface area contributed by atoms with E-state index in [9.17, 15) is 4.79 Å². The van der Waals surface area contributed by atoms with Gasteiger partial charge in [-0.2, -0.15) is 0 Å². The number of fused-ring (bicyclic) bond motifs is 3. The maximum Gasteiger partial charge on any atom is 0.223 e. The van der Waals surface area contributed by atoms with E-state index in [1.807, 2.05) is 30.3 Å². The van der Waals surface area contributed by atoms with Crippen LogP contribution in [0.1, 0.15) is 61.7 Å². The van der Waals surface area contributed by atoms with Crippen molar-refractivity contribution in [1.82, 2.24) is 25.1 Å². The van der Waals surface area contributed by atoms with Crippen molar-refractivity contribution in [1.29, 1.82) is 0 Å². The summed E-state index contributed by atoms with van der Waals surface area (Å²) in [5.74, 6) is 3.25. The Morgan fingerprint density at radius 1 is 1.03 bits per heavy atom. The van der Waals surface area contributed by atoms with Crippen molar-refractivity contribution >= 4 is 17.5 Å². The van der Waals surface area contributed by atoms with Gasteiger partial charge in [0, 0.05) is 41.6 Å². The van der Waals surface area contributed by atoms with Crippen molar-refractivity contribution < 1.29 is 9.53 Å². The lowest BCUT2D eigenvalue weighted by atomic mass is 9.86. The maximum absolute atomic E-state index is 12.5. The van der Waals surface area contributed by atoms with Crippen molar-refractivity contribution in [2.45, 2.75) is 69.4 Å². The summed E-state index contributed by atoms with van der Waals surface area (Å²) in [7, 11) is 0. The summed E-state index contributed by atoms with van der Waals surface area (Å²) in [5.41, 5.74) is 2.20. The summed E-state index contributed by atoms with van der Waals surface area (Å²) < 4.78 is 8.31. The average molecular weight is 478 g/mol. The predicted octanol–water partition coefficient (Wildman–Crippen LogP) is 4.41. The Kier molecular flexibility index (Phi) is 5.73. The van der Waals surface area contributed by atoms with Gasteiger partial charge in [-0.25, -0.2) is 4.98 Å². The molecule has 1 amide bonds. The molecular formula is C26H28ClN5O2. The highest BCUT2D eigenvalue weighted by molar-refractivity contribution is 6.30. The first-order valence-electron chi connectivity index (χ1n) is 12.2. The first kappa shape index (κ1) is 21.6. The number of rotatable bonds is 5. The first-order valence-corrected chi connectivity index (χ1v) is 12.6. The topological polar surface area (TPSA) is 81.9 Å². The lowest BCUT2D eigenvalue weighted by Crippen LogP contribution is -2.38. The fraction of sp³-hybridized carbons (Fsp3) is 0.462. The summed E-state index contributed by atoms with van der Waals surface area (Å²) >= 11 is 6.37. The molecule has 7 nitrogen and oxygen atoms in total. The van der Waals surface area contributed by atoms with Gasteiger partial charge in [-0.3, -0.25) is 9.36 Å². The molecule has 6 rings (SSSR count). The highest BCUT2D eigenvalue weighted by Gasteiger charge is 2.34. The molecule has 1 aromatic carbocycles. The second-order valence-corrected chi connectivity index (χ2v) is 10.2. The van der Waals surface area contributed by atoms with Gasteiger partial charge >= 0.3 is 0 Å². The van der Waals surface area contributed by atoms with E-state index >= 15 is 0 Å². The van der Waals surface area contributed by atoms with Gasteiger partial charge in [-0.1, -0.05) is 17.7 Å². The maximum atomic E-state index is 12.5. The summed E-state index contributed by atoms with van der Waals surface area (Å²) in [6.07, 6.45) is 9.20. The molecule has 3 heterocycles. The van der Waals surface area contributed by atoms with Gasteiger partial charge in [-0.05, 0) is 74.8 Å². The quantitative estimate of drug-likeness (QED) is 0.588. The predicted molar refractivity (Wildman–Crippen MR) is 128 cm³/mol. The molecule has 2 aliphatic carbocycles. The molecule has 0 radical (unpaired) electrons. The molecule has 2 saturated carbocycles. The number of pyridine rings is 1. The first-order chi connectivity index (χ1) is 16.6. The molecule has 1 aliphatic heterocycles. The minimum absolute atomic E-state index is 0.00822. The van der Waals surface area contributed by atoms with Crippen LogP contribution in [0.15, 0.2) is 42.6 Å². The highest BCUT2D eigenvalue weighted by Crippen LogP contribution is 2.37. The van der Waals surface area contributed by atoms with Gasteiger partial charge in [0.25, 0.3) is 0 Å². The SMILES string of the molecule is O=C(N[C@H]1Cc2cc(Cl)ccc2-n2c(nnc2C2CCC(Oc3ccccn3)CC2)C1)C1CC1. The monoisotopic (exact) mass is 477 g/mol. The Hall–Kier alpha value is -2.93. The van der Waals surface area contributed by atoms with Crippen LogP contribution in [0.3, 0.4) is 0 Å². The number of halogens is 1. The van der Waals surface area contributed by atoms with Crippen LogP contribution in [-0.2, 0) is 17.6 Å². The van der Waals surface area contributed by atoms with Crippen molar-refractivity contribution in [3.63, 3.8) is 0 Å². The van der Waals surface area contributed by atoms with Gasteiger partial charge in [0.1, 0.15) is 17.8 Å². The number of benzene rings is 1. The number of nitrogens with zero attached hydrogens (tertiary/aromatic N) is 4. The molecule has 0 saturated heterocycles. The standard InChI is InChI=1S/C26H28ClN5O2/c27-19-8-11-22-18(13-19)14-20(29-26(33)17-4-5-17)15-23-30-31-25(32(22)23)16-6-9-21(10-7-16)34-24-3-1-2-12-28-24/h1-3,8,11-13,16-17,20-21H,4-7,9-10,14-15H2,(H,29,33)/t16?,20-,21?/m0/s1. The van der Waals surface area contributed by atoms with Crippen LogP contribution < -0.4 is 10.1 Å². The third kappa shape index (κ3) is 4.41. The van der Waals surface area contributed by atoms with E-state index in [-0.39, 0.29) is 24.0 Å². The normalized spacial score (nSPS) is 24.0. The van der Waals surface area contributed by atoms with Crippen molar-refractivity contribution in [2.24, 2.45) is 5.92 Å². The lowest BCUT2D eigenvalue weighted by molar-refractivity contribution is -0.123. The van der Waals surface area contributed by atoms with Crippen LogP contribution in [0.25, 0.3) is 5.69 Å². The molecule has 34 heavy (non-hydrogen) atoms. The largest absolute Gasteiger partial charge is 0.474 e. The van der Waals surface area contributed by atoms with Crippen LogP contribution in [-0.4, -0.2) is 37.8 Å². The third-order valence-electron chi connectivity index (χ3n) is 7.19. The number of nitrogens with one attached hydrogen (secondary N) is 1. The number of carbonyl (C=O) groups is 1. The lowest BCUT2D eigenvalue weighted by Gasteiger charge is -2.28. The average Bonchev–Trinajstić information content (AvgIpc) is 3.64. The van der Waals surface area contributed by atoms with E-state index in [0.29, 0.717) is 23.2 Å². The van der Waals surface area contributed by atoms with E-state index in [1.165, 1.54) is 0 Å². The van der Waals surface area contributed by atoms with Crippen molar-refractivity contribution in [2.75, 3.05) is 0 Å². The van der Waals surface area contributed by atoms with Gasteiger partial charge in [0.15, 0.2) is 0 Å². The van der Waals surface area contributed by atoms with Gasteiger partial charge in [-0.15, -0.1) is 10.2 Å². The van der Waals surface area contributed by atoms with Gasteiger partial charge < -0.3 is 10.1 Å². The Morgan fingerprint density at radius 3 is 2.65 bits per heavy atom. The molecule has 8 heteroatoms. The van der Waals surface area contributed by atoms with Crippen molar-refractivity contribution in [3.05, 3.63) is 64.8 Å². The zero-order valence-electron chi connectivity index (χ0n) is 19.0. The number of ether oxygens (including phenoxy) is 1. The molecule has 0 unspecified atom stereocenters. The molecule has 1 N–H and O–H groups in total. The van der Waals surface area contributed by atoms with E-state index in [0.717, 1.165) is 67.8 Å². The zero-order chi connectivity index (χ0) is 23.1. The minimum Gasteiger partial charge on any atom is -0.474 e. The van der Waals surface area contributed by atoms with Crippen LogP contribution in [0.4, 0.5) is 0 Å². The Labute approximate surface area is 203 Å². The summed E-state index contributed by atoms with van der Waals surface area (Å²) in [6.45, 7) is 0. The molecule has 0 bridgehead atoms.